The minimum absolute atomic E-state index is 0.0359. The molecule has 6 nitrogen and oxygen atoms in total. The predicted molar refractivity (Wildman–Crippen MR) is 97.1 cm³/mol. The summed E-state index contributed by atoms with van der Waals surface area (Å²) in [5, 5.41) is 23.7. The number of rotatable bonds is 3. The van der Waals surface area contributed by atoms with Crippen LogP contribution in [0.1, 0.15) is 18.1 Å². The molecule has 2 heterocycles. The molecule has 0 bridgehead atoms. The molecular formula is C19H18FN3O3. The summed E-state index contributed by atoms with van der Waals surface area (Å²) in [5.74, 6) is -0.777. The third-order valence-electron chi connectivity index (χ3n) is 5.12. The summed E-state index contributed by atoms with van der Waals surface area (Å²) in [4.78, 5) is 16.3. The third-order valence-corrected chi connectivity index (χ3v) is 5.12. The van der Waals surface area contributed by atoms with E-state index in [0.717, 1.165) is 24.2 Å². The van der Waals surface area contributed by atoms with Crippen molar-refractivity contribution in [3.8, 4) is 22.8 Å². The number of nitroso groups, excluding NO2 is 1. The largest absolute Gasteiger partial charge is 0.507 e. The maximum Gasteiger partial charge on any atom is 0.219 e. The average molecular weight is 355 g/mol. The first kappa shape index (κ1) is 16.5. The van der Waals surface area contributed by atoms with E-state index in [2.05, 4.69) is 22.0 Å². The van der Waals surface area contributed by atoms with Gasteiger partial charge in [0.2, 0.25) is 5.88 Å². The number of halogens is 1. The van der Waals surface area contributed by atoms with Gasteiger partial charge in [0.25, 0.3) is 0 Å². The Morgan fingerprint density at radius 3 is 2.77 bits per heavy atom. The average Bonchev–Trinajstić information content (AvgIpc) is 2.97. The van der Waals surface area contributed by atoms with Gasteiger partial charge < -0.3 is 15.2 Å². The van der Waals surface area contributed by atoms with Crippen LogP contribution < -0.4 is 0 Å². The number of benzene rings is 2. The molecule has 1 aliphatic rings. The van der Waals surface area contributed by atoms with Crippen molar-refractivity contribution < 1.29 is 14.6 Å². The van der Waals surface area contributed by atoms with Crippen LogP contribution in [0.3, 0.4) is 0 Å². The Morgan fingerprint density at radius 2 is 2.04 bits per heavy atom. The number of H-pyrrole nitrogens is 1. The Morgan fingerprint density at radius 1 is 1.23 bits per heavy atom. The number of nitrogens with one attached hydrogen (secondary N) is 1. The molecule has 0 aliphatic carbocycles. The number of phenols is 1. The van der Waals surface area contributed by atoms with Crippen molar-refractivity contribution in [2.24, 2.45) is 5.18 Å². The van der Waals surface area contributed by atoms with Crippen molar-refractivity contribution in [2.75, 3.05) is 13.1 Å². The monoisotopic (exact) mass is 355 g/mol. The van der Waals surface area contributed by atoms with Crippen molar-refractivity contribution in [3.05, 3.63) is 46.1 Å². The lowest BCUT2D eigenvalue weighted by molar-refractivity contribution is 0.269. The van der Waals surface area contributed by atoms with Gasteiger partial charge >= 0.3 is 0 Å². The molecule has 2 aromatic carbocycles. The molecule has 1 aliphatic heterocycles. The highest BCUT2D eigenvalue weighted by Gasteiger charge is 2.26. The quantitative estimate of drug-likeness (QED) is 0.616. The van der Waals surface area contributed by atoms with Gasteiger partial charge in [0.1, 0.15) is 11.6 Å². The van der Waals surface area contributed by atoms with Crippen LogP contribution in [-0.4, -0.2) is 33.2 Å². The van der Waals surface area contributed by atoms with E-state index in [1.807, 2.05) is 0 Å². The summed E-state index contributed by atoms with van der Waals surface area (Å²) in [6.45, 7) is 4.39. The number of fused-ring (bicyclic) bond motifs is 3. The predicted octanol–water partition coefficient (Wildman–Crippen LogP) is 4.16. The zero-order valence-electron chi connectivity index (χ0n) is 14.2. The minimum Gasteiger partial charge on any atom is -0.507 e. The first-order valence-corrected chi connectivity index (χ1v) is 8.47. The van der Waals surface area contributed by atoms with Crippen molar-refractivity contribution in [2.45, 2.75) is 19.9 Å². The molecule has 0 unspecified atom stereocenters. The SMILES string of the molecule is CCN1CCc2c(-c3cc(F)ccc3O)cc3c(N=O)c(O)[nH]c3c2C1. The molecule has 0 saturated heterocycles. The number of phenolic OH excluding ortho intramolecular Hbond substituents is 1. The first-order valence-electron chi connectivity index (χ1n) is 8.47. The van der Waals surface area contributed by atoms with Gasteiger partial charge in [0.05, 0.1) is 5.52 Å². The second-order valence-corrected chi connectivity index (χ2v) is 6.50. The fourth-order valence-electron chi connectivity index (χ4n) is 3.77. The molecule has 0 saturated carbocycles. The standard InChI is InChI=1S/C19H18FN3O3/c1-2-23-6-5-11-12(13-7-10(20)3-4-16(13)24)8-14-17(15(11)9-23)21-19(25)18(14)22-26/h3-4,7-8,21,24-25H,2,5-6,9H2,1H3. The summed E-state index contributed by atoms with van der Waals surface area (Å²) < 4.78 is 13.8. The van der Waals surface area contributed by atoms with Crippen LogP contribution >= 0.6 is 0 Å². The Kier molecular flexibility index (Phi) is 3.88. The second-order valence-electron chi connectivity index (χ2n) is 6.50. The molecule has 0 amide bonds. The van der Waals surface area contributed by atoms with Crippen LogP contribution in [0.5, 0.6) is 11.6 Å². The van der Waals surface area contributed by atoms with Gasteiger partial charge in [-0.3, -0.25) is 4.90 Å². The molecular weight excluding hydrogens is 337 g/mol. The maximum absolute atomic E-state index is 13.8. The van der Waals surface area contributed by atoms with E-state index < -0.39 is 5.82 Å². The van der Waals surface area contributed by atoms with Crippen LogP contribution in [-0.2, 0) is 13.0 Å². The van der Waals surface area contributed by atoms with Crippen LogP contribution in [0.15, 0.2) is 29.4 Å². The smallest absolute Gasteiger partial charge is 0.219 e. The molecule has 0 radical (unpaired) electrons. The summed E-state index contributed by atoms with van der Waals surface area (Å²) in [6, 6.07) is 5.49. The lowest BCUT2D eigenvalue weighted by Crippen LogP contribution is -2.30. The zero-order chi connectivity index (χ0) is 18.4. The Balaban J connectivity index is 2.07. The number of aromatic amines is 1. The van der Waals surface area contributed by atoms with E-state index in [4.69, 9.17) is 0 Å². The van der Waals surface area contributed by atoms with E-state index >= 15 is 0 Å². The molecule has 3 N–H and O–H groups in total. The Hall–Kier alpha value is -2.93. The molecule has 0 spiro atoms. The van der Waals surface area contributed by atoms with Crippen LogP contribution in [0.25, 0.3) is 22.0 Å². The number of hydrogen-bond acceptors (Lipinski definition) is 5. The normalized spacial score (nSPS) is 14.5. The van der Waals surface area contributed by atoms with E-state index in [-0.39, 0.29) is 17.3 Å². The van der Waals surface area contributed by atoms with Gasteiger partial charge in [0.15, 0.2) is 5.69 Å². The number of likely N-dealkylation sites (N-methyl/N-ethyl adjacent to an activating group) is 1. The number of nitrogens with zero attached hydrogens (tertiary/aromatic N) is 2. The molecule has 3 aromatic rings. The van der Waals surface area contributed by atoms with Crippen LogP contribution in [0, 0.1) is 10.7 Å². The van der Waals surface area contributed by atoms with Gasteiger partial charge in [-0.2, -0.15) is 0 Å². The van der Waals surface area contributed by atoms with Crippen molar-refractivity contribution >= 4 is 16.6 Å². The van der Waals surface area contributed by atoms with Gasteiger partial charge in [-0.25, -0.2) is 4.39 Å². The minimum atomic E-state index is -0.455. The van der Waals surface area contributed by atoms with E-state index in [1.54, 1.807) is 6.07 Å². The summed E-state index contributed by atoms with van der Waals surface area (Å²) in [5.41, 5.74) is 3.51. The van der Waals surface area contributed by atoms with Crippen LogP contribution in [0.2, 0.25) is 0 Å². The molecule has 0 atom stereocenters. The van der Waals surface area contributed by atoms with Crippen LogP contribution in [0.4, 0.5) is 10.1 Å². The fraction of sp³-hybridized carbons (Fsp3) is 0.263. The van der Waals surface area contributed by atoms with Gasteiger partial charge in [-0.1, -0.05) is 6.92 Å². The summed E-state index contributed by atoms with van der Waals surface area (Å²) >= 11 is 0. The third kappa shape index (κ3) is 2.43. The lowest BCUT2D eigenvalue weighted by Gasteiger charge is -2.30. The lowest BCUT2D eigenvalue weighted by atomic mass is 9.88. The molecule has 1 aromatic heterocycles. The number of aromatic hydroxyl groups is 2. The van der Waals surface area contributed by atoms with Gasteiger partial charge in [-0.05, 0) is 59.1 Å². The zero-order valence-corrected chi connectivity index (χ0v) is 14.2. The van der Waals surface area contributed by atoms with Gasteiger partial charge in [-0.15, -0.1) is 4.91 Å². The van der Waals surface area contributed by atoms with Crippen molar-refractivity contribution in [1.82, 2.24) is 9.88 Å². The Bertz CT molecular complexity index is 1030. The second kappa shape index (κ2) is 6.10. The van der Waals surface area contributed by atoms with Gasteiger partial charge in [0, 0.05) is 24.0 Å². The summed E-state index contributed by atoms with van der Waals surface area (Å²) in [7, 11) is 0. The van der Waals surface area contributed by atoms with Crippen molar-refractivity contribution in [3.63, 3.8) is 0 Å². The van der Waals surface area contributed by atoms with E-state index in [0.29, 0.717) is 35.0 Å². The summed E-state index contributed by atoms with van der Waals surface area (Å²) in [6.07, 6.45) is 0.716. The highest BCUT2D eigenvalue weighted by molar-refractivity contribution is 6.00. The molecule has 0 fully saturated rings. The molecule has 134 valence electrons. The number of aromatic nitrogens is 1. The first-order chi connectivity index (χ1) is 12.5. The fourth-order valence-corrected chi connectivity index (χ4v) is 3.77. The molecule has 4 rings (SSSR count). The Labute approximate surface area is 148 Å². The molecule has 7 heteroatoms. The molecule has 26 heavy (non-hydrogen) atoms. The highest BCUT2D eigenvalue weighted by atomic mass is 19.1. The highest BCUT2D eigenvalue weighted by Crippen LogP contribution is 2.44. The maximum atomic E-state index is 13.8. The number of hydrogen-bond donors (Lipinski definition) is 3. The van der Waals surface area contributed by atoms with E-state index in [1.165, 1.54) is 18.2 Å². The van der Waals surface area contributed by atoms with Crippen molar-refractivity contribution in [1.29, 1.82) is 0 Å². The topological polar surface area (TPSA) is 88.9 Å². The van der Waals surface area contributed by atoms with E-state index in [9.17, 15) is 19.5 Å².